The molecule has 2 N–H and O–H groups in total. The van der Waals surface area contributed by atoms with Crippen molar-refractivity contribution in [1.29, 1.82) is 0 Å². The molecular weight excluding hydrogens is 236 g/mol. The lowest BCUT2D eigenvalue weighted by atomic mass is 9.97. The number of fused-ring (bicyclic) bond motifs is 2. The number of rotatable bonds is 3. The summed E-state index contributed by atoms with van der Waals surface area (Å²) in [5, 5.41) is 13.6. The van der Waals surface area contributed by atoms with Gasteiger partial charge < -0.3 is 10.4 Å². The number of piperazine rings is 1. The van der Waals surface area contributed by atoms with Crippen LogP contribution < -0.4 is 5.32 Å². The summed E-state index contributed by atoms with van der Waals surface area (Å²) in [7, 11) is 0. The maximum Gasteiger partial charge on any atom is 0.0680 e. The number of aliphatic hydroxyl groups is 1. The molecule has 1 aromatic rings. The van der Waals surface area contributed by atoms with Crippen LogP contribution in [0.2, 0.25) is 0 Å². The van der Waals surface area contributed by atoms with E-state index in [9.17, 15) is 5.11 Å². The van der Waals surface area contributed by atoms with Crippen molar-refractivity contribution in [3.05, 3.63) is 35.9 Å². The third-order valence-corrected chi connectivity index (χ3v) is 4.78. The van der Waals surface area contributed by atoms with Gasteiger partial charge in [0.25, 0.3) is 0 Å². The number of hydrogen-bond acceptors (Lipinski definition) is 3. The van der Waals surface area contributed by atoms with E-state index in [1.165, 1.54) is 18.4 Å². The Bertz CT molecular complexity index is 420. The summed E-state index contributed by atoms with van der Waals surface area (Å²) in [6.45, 7) is 5.16. The molecule has 0 radical (unpaired) electrons. The Morgan fingerprint density at radius 2 is 1.95 bits per heavy atom. The largest absolute Gasteiger partial charge is 0.392 e. The molecule has 0 aromatic heterocycles. The summed E-state index contributed by atoms with van der Waals surface area (Å²) >= 11 is 0. The fourth-order valence-corrected chi connectivity index (χ4v) is 3.86. The monoisotopic (exact) mass is 260 g/mol. The highest BCUT2D eigenvalue weighted by atomic mass is 16.3. The number of nitrogens with zero attached hydrogens (tertiary/aromatic N) is 1. The predicted molar refractivity (Wildman–Crippen MR) is 76.9 cm³/mol. The topological polar surface area (TPSA) is 35.5 Å². The van der Waals surface area contributed by atoms with E-state index < -0.39 is 0 Å². The van der Waals surface area contributed by atoms with Gasteiger partial charge in [-0.3, -0.25) is 4.90 Å². The Hall–Kier alpha value is -0.900. The van der Waals surface area contributed by atoms with E-state index >= 15 is 0 Å². The van der Waals surface area contributed by atoms with Crippen molar-refractivity contribution >= 4 is 0 Å². The van der Waals surface area contributed by atoms with Gasteiger partial charge in [-0.1, -0.05) is 30.3 Å². The summed E-state index contributed by atoms with van der Waals surface area (Å²) in [5.74, 6) is 0. The Kier molecular flexibility index (Phi) is 3.61. The average Bonchev–Trinajstić information content (AvgIpc) is 2.71. The predicted octanol–water partition coefficient (Wildman–Crippen LogP) is 1.76. The highest BCUT2D eigenvalue weighted by molar-refractivity contribution is 5.16. The van der Waals surface area contributed by atoms with E-state index in [1.54, 1.807) is 0 Å². The zero-order valence-electron chi connectivity index (χ0n) is 11.8. The molecule has 1 aromatic carbocycles. The Balaban J connectivity index is 1.80. The number of nitrogens with one attached hydrogen (secondary N) is 1. The third-order valence-electron chi connectivity index (χ3n) is 4.78. The van der Waals surface area contributed by atoms with E-state index in [0.29, 0.717) is 18.1 Å². The number of aliphatic hydroxyl groups excluding tert-OH is 1. The van der Waals surface area contributed by atoms with Gasteiger partial charge >= 0.3 is 0 Å². The Morgan fingerprint density at radius 1 is 1.26 bits per heavy atom. The summed E-state index contributed by atoms with van der Waals surface area (Å²) in [5.41, 5.74) is 1.37. The van der Waals surface area contributed by atoms with Crippen LogP contribution in [0.1, 0.15) is 32.3 Å². The van der Waals surface area contributed by atoms with Crippen molar-refractivity contribution < 1.29 is 5.11 Å². The molecule has 3 nitrogen and oxygen atoms in total. The minimum Gasteiger partial charge on any atom is -0.392 e. The molecule has 5 atom stereocenters. The van der Waals surface area contributed by atoms with Crippen LogP contribution in [0, 0.1) is 0 Å². The van der Waals surface area contributed by atoms with E-state index in [-0.39, 0.29) is 12.1 Å². The average molecular weight is 260 g/mol. The molecule has 104 valence electrons. The van der Waals surface area contributed by atoms with Gasteiger partial charge in [0.1, 0.15) is 0 Å². The molecular formula is C16H24N2O. The summed E-state index contributed by atoms with van der Waals surface area (Å²) in [4.78, 5) is 2.61. The maximum atomic E-state index is 10.0. The van der Waals surface area contributed by atoms with Gasteiger partial charge in [-0.2, -0.15) is 0 Å². The second-order valence-electron chi connectivity index (χ2n) is 6.09. The lowest BCUT2D eigenvalue weighted by molar-refractivity contribution is 0.0222. The van der Waals surface area contributed by atoms with Crippen molar-refractivity contribution in [2.24, 2.45) is 0 Å². The molecule has 2 fully saturated rings. The molecule has 0 saturated carbocycles. The highest BCUT2D eigenvalue weighted by Gasteiger charge is 2.46. The van der Waals surface area contributed by atoms with Crippen LogP contribution in [0.5, 0.6) is 0 Å². The standard InChI is InChI=1S/C16H24N2O/c1-11-14-8-9-15(16(17-11)12(2)19)18(14)10-13-6-4-3-5-7-13/h3-7,11-12,14-17,19H,8-10H2,1-2H3/t11-,12+,14+,15-,16-/m1/s1. The van der Waals surface area contributed by atoms with Crippen molar-refractivity contribution in [3.63, 3.8) is 0 Å². The molecule has 2 saturated heterocycles. The molecule has 19 heavy (non-hydrogen) atoms. The van der Waals surface area contributed by atoms with Crippen molar-refractivity contribution in [1.82, 2.24) is 10.2 Å². The van der Waals surface area contributed by atoms with Crippen LogP contribution >= 0.6 is 0 Å². The first-order valence-corrected chi connectivity index (χ1v) is 7.40. The Labute approximate surface area is 115 Å². The van der Waals surface area contributed by atoms with E-state index in [2.05, 4.69) is 47.5 Å². The minimum absolute atomic E-state index is 0.206. The van der Waals surface area contributed by atoms with Gasteiger partial charge in [-0.05, 0) is 32.3 Å². The van der Waals surface area contributed by atoms with Crippen molar-refractivity contribution in [2.75, 3.05) is 0 Å². The molecule has 0 spiro atoms. The molecule has 3 rings (SSSR count). The van der Waals surface area contributed by atoms with E-state index in [0.717, 1.165) is 6.54 Å². The van der Waals surface area contributed by atoms with Crippen molar-refractivity contribution in [3.8, 4) is 0 Å². The lowest BCUT2D eigenvalue weighted by Gasteiger charge is -2.45. The summed E-state index contributed by atoms with van der Waals surface area (Å²) in [6.07, 6.45) is 2.16. The fourth-order valence-electron chi connectivity index (χ4n) is 3.86. The molecule has 0 unspecified atom stereocenters. The lowest BCUT2D eigenvalue weighted by Crippen LogP contribution is -2.64. The molecule has 0 aliphatic carbocycles. The number of benzene rings is 1. The SMILES string of the molecule is C[C@H](O)[C@H]1N[C@H](C)[C@@H]2CC[C@H]1N2Cc1ccccc1. The second-order valence-corrected chi connectivity index (χ2v) is 6.09. The third kappa shape index (κ3) is 2.42. The molecule has 0 amide bonds. The summed E-state index contributed by atoms with van der Waals surface area (Å²) in [6, 6.07) is 12.4. The van der Waals surface area contributed by atoms with Gasteiger partial charge in [0.15, 0.2) is 0 Å². The van der Waals surface area contributed by atoms with Crippen LogP contribution in [-0.2, 0) is 6.54 Å². The van der Waals surface area contributed by atoms with Gasteiger partial charge in [-0.15, -0.1) is 0 Å². The quantitative estimate of drug-likeness (QED) is 0.869. The van der Waals surface area contributed by atoms with Gasteiger partial charge in [0.05, 0.1) is 6.10 Å². The van der Waals surface area contributed by atoms with E-state index in [1.807, 2.05) is 6.92 Å². The molecule has 2 heterocycles. The normalized spacial score (nSPS) is 36.4. The second kappa shape index (κ2) is 5.23. The molecule has 2 bridgehead atoms. The van der Waals surface area contributed by atoms with Gasteiger partial charge in [-0.25, -0.2) is 0 Å². The van der Waals surface area contributed by atoms with Crippen LogP contribution in [0.4, 0.5) is 0 Å². The first kappa shape index (κ1) is 13.1. The Morgan fingerprint density at radius 3 is 2.63 bits per heavy atom. The molecule has 2 aliphatic rings. The van der Waals surface area contributed by atoms with Gasteiger partial charge in [0, 0.05) is 30.7 Å². The zero-order chi connectivity index (χ0) is 13.4. The van der Waals surface area contributed by atoms with Crippen LogP contribution in [-0.4, -0.2) is 40.3 Å². The smallest absolute Gasteiger partial charge is 0.0680 e. The fraction of sp³-hybridized carbons (Fsp3) is 0.625. The number of hydrogen-bond donors (Lipinski definition) is 2. The zero-order valence-corrected chi connectivity index (χ0v) is 11.8. The van der Waals surface area contributed by atoms with Gasteiger partial charge in [0.2, 0.25) is 0 Å². The molecule has 2 aliphatic heterocycles. The van der Waals surface area contributed by atoms with Crippen LogP contribution in [0.25, 0.3) is 0 Å². The first-order valence-electron chi connectivity index (χ1n) is 7.40. The van der Waals surface area contributed by atoms with Crippen LogP contribution in [0.15, 0.2) is 30.3 Å². The highest BCUT2D eigenvalue weighted by Crippen LogP contribution is 2.35. The maximum absolute atomic E-state index is 10.0. The first-order chi connectivity index (χ1) is 9.16. The van der Waals surface area contributed by atoms with E-state index in [4.69, 9.17) is 0 Å². The van der Waals surface area contributed by atoms with Crippen molar-refractivity contribution in [2.45, 2.75) is 63.5 Å². The molecule has 3 heteroatoms. The van der Waals surface area contributed by atoms with Crippen LogP contribution in [0.3, 0.4) is 0 Å². The minimum atomic E-state index is -0.287. The summed E-state index contributed by atoms with van der Waals surface area (Å²) < 4.78 is 0.